The van der Waals surface area contributed by atoms with E-state index in [1.165, 1.54) is 11.8 Å². The predicted molar refractivity (Wildman–Crippen MR) is 70.0 cm³/mol. The molecule has 0 aliphatic carbocycles. The van der Waals surface area contributed by atoms with Crippen LogP contribution in [0.5, 0.6) is 5.75 Å². The summed E-state index contributed by atoms with van der Waals surface area (Å²) >= 11 is 1.36. The van der Waals surface area contributed by atoms with Gasteiger partial charge in [0.2, 0.25) is 0 Å². The third-order valence-electron chi connectivity index (χ3n) is 2.79. The van der Waals surface area contributed by atoms with Gasteiger partial charge in [0.05, 0.1) is 7.11 Å². The van der Waals surface area contributed by atoms with Crippen molar-refractivity contribution >= 4 is 17.7 Å². The molecule has 0 radical (unpaired) electrons. The Labute approximate surface area is 106 Å². The highest BCUT2D eigenvalue weighted by Gasteiger charge is 2.29. The molecule has 1 aromatic rings. The van der Waals surface area contributed by atoms with Crippen molar-refractivity contribution in [1.29, 1.82) is 0 Å². The number of hydrogen-bond donors (Lipinski definition) is 1. The zero-order chi connectivity index (χ0) is 13.2. The third kappa shape index (κ3) is 2.94. The standard InChI is InChI=1S/C13H18O3S/c1-8-9(2)11(7-6-10(8)16-5)17-13(3,4)12(14)15/h6-7H,1-5H3,(H,14,15). The van der Waals surface area contributed by atoms with Crippen molar-refractivity contribution in [2.24, 2.45) is 0 Å². The highest BCUT2D eigenvalue weighted by Crippen LogP contribution is 2.37. The molecule has 0 heterocycles. The quantitative estimate of drug-likeness (QED) is 0.838. The van der Waals surface area contributed by atoms with Crippen LogP contribution < -0.4 is 4.74 Å². The number of aliphatic carboxylic acids is 1. The summed E-state index contributed by atoms with van der Waals surface area (Å²) in [4.78, 5) is 12.1. The van der Waals surface area contributed by atoms with Crippen molar-refractivity contribution in [1.82, 2.24) is 0 Å². The van der Waals surface area contributed by atoms with Gasteiger partial charge < -0.3 is 9.84 Å². The molecule has 3 nitrogen and oxygen atoms in total. The first kappa shape index (κ1) is 13.9. The van der Waals surface area contributed by atoms with Gasteiger partial charge in [0.15, 0.2) is 0 Å². The lowest BCUT2D eigenvalue weighted by molar-refractivity contribution is -0.138. The van der Waals surface area contributed by atoms with E-state index in [0.29, 0.717) is 0 Å². The van der Waals surface area contributed by atoms with Gasteiger partial charge in [0, 0.05) is 4.90 Å². The Morgan fingerprint density at radius 2 is 1.88 bits per heavy atom. The zero-order valence-electron chi connectivity index (χ0n) is 10.8. The molecule has 0 saturated carbocycles. The molecule has 0 aliphatic heterocycles. The summed E-state index contributed by atoms with van der Waals surface area (Å²) in [6, 6.07) is 3.79. The van der Waals surface area contributed by atoms with Crippen LogP contribution in [-0.2, 0) is 4.79 Å². The SMILES string of the molecule is COc1ccc(SC(C)(C)C(=O)O)c(C)c1C. The Hall–Kier alpha value is -1.16. The van der Waals surface area contributed by atoms with E-state index in [0.717, 1.165) is 21.8 Å². The van der Waals surface area contributed by atoms with Crippen LogP contribution in [0.15, 0.2) is 17.0 Å². The number of benzene rings is 1. The lowest BCUT2D eigenvalue weighted by atomic mass is 10.1. The van der Waals surface area contributed by atoms with Gasteiger partial charge in [0.25, 0.3) is 0 Å². The zero-order valence-corrected chi connectivity index (χ0v) is 11.6. The van der Waals surface area contributed by atoms with Gasteiger partial charge in [-0.1, -0.05) is 0 Å². The molecule has 0 atom stereocenters. The minimum absolute atomic E-state index is 0.810. The fourth-order valence-corrected chi connectivity index (χ4v) is 2.50. The molecule has 0 spiro atoms. The minimum atomic E-state index is -0.828. The summed E-state index contributed by atoms with van der Waals surface area (Å²) < 4.78 is 4.41. The molecule has 0 aliphatic rings. The second-order valence-electron chi connectivity index (χ2n) is 4.43. The number of rotatable bonds is 4. The summed E-state index contributed by atoms with van der Waals surface area (Å²) in [5.41, 5.74) is 2.13. The normalized spacial score (nSPS) is 11.4. The summed E-state index contributed by atoms with van der Waals surface area (Å²) in [6.45, 7) is 7.38. The molecule has 1 N–H and O–H groups in total. The number of thioether (sulfide) groups is 1. The van der Waals surface area contributed by atoms with Crippen molar-refractivity contribution < 1.29 is 14.6 Å². The second kappa shape index (κ2) is 5.00. The van der Waals surface area contributed by atoms with E-state index in [1.807, 2.05) is 26.0 Å². The fourth-order valence-electron chi connectivity index (χ4n) is 1.42. The van der Waals surface area contributed by atoms with Crippen molar-refractivity contribution in [3.05, 3.63) is 23.3 Å². The molecule has 0 saturated heterocycles. The average Bonchev–Trinajstić information content (AvgIpc) is 2.25. The Morgan fingerprint density at radius 1 is 1.29 bits per heavy atom. The lowest BCUT2D eigenvalue weighted by Gasteiger charge is -2.21. The van der Waals surface area contributed by atoms with Crippen molar-refractivity contribution in [3.63, 3.8) is 0 Å². The van der Waals surface area contributed by atoms with Crippen molar-refractivity contribution in [2.75, 3.05) is 7.11 Å². The van der Waals surface area contributed by atoms with Crippen LogP contribution >= 0.6 is 11.8 Å². The molecule has 4 heteroatoms. The average molecular weight is 254 g/mol. The second-order valence-corrected chi connectivity index (χ2v) is 6.10. The van der Waals surface area contributed by atoms with Crippen LogP contribution in [0.3, 0.4) is 0 Å². The minimum Gasteiger partial charge on any atom is -0.496 e. The van der Waals surface area contributed by atoms with Gasteiger partial charge in [-0.05, 0) is 51.0 Å². The maximum atomic E-state index is 11.1. The topological polar surface area (TPSA) is 46.5 Å². The molecule has 0 aromatic heterocycles. The van der Waals surface area contributed by atoms with Gasteiger partial charge in [-0.15, -0.1) is 11.8 Å². The number of carboxylic acid groups (broad SMARTS) is 1. The van der Waals surface area contributed by atoms with Crippen molar-refractivity contribution in [2.45, 2.75) is 37.3 Å². The maximum absolute atomic E-state index is 11.1. The third-order valence-corrected chi connectivity index (χ3v) is 4.13. The molecular formula is C13H18O3S. The van der Waals surface area contributed by atoms with E-state index in [4.69, 9.17) is 9.84 Å². The fraction of sp³-hybridized carbons (Fsp3) is 0.462. The van der Waals surface area contributed by atoms with Gasteiger partial charge in [0.1, 0.15) is 10.5 Å². The predicted octanol–water partition coefficient (Wildman–Crippen LogP) is 3.27. The van der Waals surface area contributed by atoms with Crippen LogP contribution in [0, 0.1) is 13.8 Å². The first-order chi connectivity index (χ1) is 7.79. The van der Waals surface area contributed by atoms with Crippen molar-refractivity contribution in [3.8, 4) is 5.75 Å². The van der Waals surface area contributed by atoms with E-state index in [2.05, 4.69) is 0 Å². The Kier molecular flexibility index (Phi) is 4.09. The maximum Gasteiger partial charge on any atom is 0.319 e. The molecular weight excluding hydrogens is 236 g/mol. The number of methoxy groups -OCH3 is 1. The van der Waals surface area contributed by atoms with Gasteiger partial charge in [-0.3, -0.25) is 4.79 Å². The van der Waals surface area contributed by atoms with Crippen LogP contribution in [0.25, 0.3) is 0 Å². The Balaban J connectivity index is 3.09. The van der Waals surface area contributed by atoms with Crippen LogP contribution in [0.2, 0.25) is 0 Å². The summed E-state index contributed by atoms with van der Waals surface area (Å²) in [5.74, 6) is 0.0235. The van der Waals surface area contributed by atoms with E-state index in [9.17, 15) is 4.79 Å². The number of hydrogen-bond acceptors (Lipinski definition) is 3. The summed E-state index contributed by atoms with van der Waals surface area (Å²) in [5, 5.41) is 9.12. The van der Waals surface area contributed by atoms with Gasteiger partial charge >= 0.3 is 5.97 Å². The highest BCUT2D eigenvalue weighted by molar-refractivity contribution is 8.01. The molecule has 0 bridgehead atoms. The van der Waals surface area contributed by atoms with E-state index in [1.54, 1.807) is 21.0 Å². The van der Waals surface area contributed by atoms with Crippen LogP contribution in [0.1, 0.15) is 25.0 Å². The lowest BCUT2D eigenvalue weighted by Crippen LogP contribution is -2.27. The molecule has 1 aromatic carbocycles. The molecule has 0 amide bonds. The largest absolute Gasteiger partial charge is 0.496 e. The first-order valence-corrected chi connectivity index (χ1v) is 6.18. The van der Waals surface area contributed by atoms with Gasteiger partial charge in [-0.2, -0.15) is 0 Å². The Morgan fingerprint density at radius 3 is 2.35 bits per heavy atom. The molecule has 0 fully saturated rings. The van der Waals surface area contributed by atoms with Crippen LogP contribution in [-0.4, -0.2) is 22.9 Å². The molecule has 17 heavy (non-hydrogen) atoms. The highest BCUT2D eigenvalue weighted by atomic mass is 32.2. The van der Waals surface area contributed by atoms with Gasteiger partial charge in [-0.25, -0.2) is 0 Å². The Bertz CT molecular complexity index is 439. The monoisotopic (exact) mass is 254 g/mol. The molecule has 1 rings (SSSR count). The first-order valence-electron chi connectivity index (χ1n) is 5.36. The molecule has 94 valence electrons. The number of carboxylic acids is 1. The van der Waals surface area contributed by atoms with Crippen LogP contribution in [0.4, 0.5) is 0 Å². The molecule has 0 unspecified atom stereocenters. The smallest absolute Gasteiger partial charge is 0.319 e. The van der Waals surface area contributed by atoms with E-state index >= 15 is 0 Å². The van der Waals surface area contributed by atoms with E-state index < -0.39 is 10.7 Å². The summed E-state index contributed by atoms with van der Waals surface area (Å²) in [6.07, 6.45) is 0. The number of carbonyl (C=O) groups is 1. The number of ether oxygens (including phenoxy) is 1. The summed E-state index contributed by atoms with van der Waals surface area (Å²) in [7, 11) is 1.63. The van der Waals surface area contributed by atoms with E-state index in [-0.39, 0.29) is 0 Å².